The Morgan fingerprint density at radius 2 is 1.86 bits per heavy atom. The average molecular weight is 408 g/mol. The number of benzene rings is 2. The van der Waals surface area contributed by atoms with Gasteiger partial charge in [0.05, 0.1) is 12.1 Å². The summed E-state index contributed by atoms with van der Waals surface area (Å²) in [6.45, 7) is 0.326. The van der Waals surface area contributed by atoms with Gasteiger partial charge >= 0.3 is 12.0 Å². The molecule has 1 unspecified atom stereocenters. The van der Waals surface area contributed by atoms with E-state index in [2.05, 4.69) is 15.3 Å². The van der Waals surface area contributed by atoms with E-state index in [-0.39, 0.29) is 25.0 Å². The topological polar surface area (TPSA) is 89.4 Å². The molecule has 1 atom stereocenters. The second-order valence-corrected chi connectivity index (χ2v) is 6.54. The molecule has 2 heterocycles. The molecule has 0 radical (unpaired) electrons. The maximum atomic E-state index is 12.8. The molecule has 0 aliphatic carbocycles. The van der Waals surface area contributed by atoms with E-state index in [9.17, 15) is 23.1 Å². The first kappa shape index (κ1) is 19.1. The smallest absolute Gasteiger partial charge is 0.454 e. The van der Waals surface area contributed by atoms with Gasteiger partial charge in [0, 0.05) is 12.1 Å². The summed E-state index contributed by atoms with van der Waals surface area (Å²) >= 11 is 0. The highest BCUT2D eigenvalue weighted by Crippen LogP contribution is 2.39. The van der Waals surface area contributed by atoms with Crippen LogP contribution in [0.15, 0.2) is 47.6 Å². The zero-order valence-electron chi connectivity index (χ0n) is 14.8. The Labute approximate surface area is 162 Å². The van der Waals surface area contributed by atoms with Crippen molar-refractivity contribution in [3.63, 3.8) is 0 Å². The normalized spacial score (nSPS) is 20.2. The van der Waals surface area contributed by atoms with Crippen LogP contribution in [0.2, 0.25) is 0 Å². The number of carbonyl (C=O) groups excluding carboxylic acids is 1. The van der Waals surface area contributed by atoms with Crippen LogP contribution in [0.5, 0.6) is 11.5 Å². The molecule has 0 aromatic heterocycles. The van der Waals surface area contributed by atoms with Gasteiger partial charge in [-0.3, -0.25) is 4.79 Å². The van der Waals surface area contributed by atoms with Crippen molar-refractivity contribution in [2.45, 2.75) is 24.9 Å². The number of hydrogen-bond donors (Lipinski definition) is 2. The van der Waals surface area contributed by atoms with Gasteiger partial charge in [0.1, 0.15) is 0 Å². The standard InChI is InChI=1S/C19H15F3N2O5/c20-19(21,22)18(26)8-14(24-29-18)12-3-1-11(2-4-12)9-23-17(25)13-5-6-15-16(7-13)28-10-27-15/h1-7,26H,8-10H2,(H,23,25). The Kier molecular flexibility index (Phi) is 4.58. The molecule has 10 heteroatoms. The molecule has 0 saturated carbocycles. The van der Waals surface area contributed by atoms with E-state index >= 15 is 0 Å². The fourth-order valence-electron chi connectivity index (χ4n) is 2.87. The van der Waals surface area contributed by atoms with Crippen LogP contribution in [0.1, 0.15) is 27.9 Å². The molecule has 29 heavy (non-hydrogen) atoms. The van der Waals surface area contributed by atoms with Crippen LogP contribution < -0.4 is 14.8 Å². The van der Waals surface area contributed by atoms with Gasteiger partial charge in [0.2, 0.25) is 6.79 Å². The largest absolute Gasteiger partial charge is 0.458 e. The van der Waals surface area contributed by atoms with Gasteiger partial charge in [-0.05, 0) is 29.3 Å². The van der Waals surface area contributed by atoms with Gasteiger partial charge in [0.15, 0.2) is 11.5 Å². The van der Waals surface area contributed by atoms with Gasteiger partial charge < -0.3 is 24.7 Å². The van der Waals surface area contributed by atoms with E-state index in [0.29, 0.717) is 22.6 Å². The second-order valence-electron chi connectivity index (χ2n) is 6.54. The minimum Gasteiger partial charge on any atom is -0.454 e. The molecule has 4 rings (SSSR count). The number of rotatable bonds is 4. The number of amides is 1. The van der Waals surface area contributed by atoms with Crippen molar-refractivity contribution in [3.8, 4) is 11.5 Å². The van der Waals surface area contributed by atoms with E-state index in [4.69, 9.17) is 9.47 Å². The van der Waals surface area contributed by atoms with Gasteiger partial charge in [-0.2, -0.15) is 13.2 Å². The van der Waals surface area contributed by atoms with Crippen LogP contribution >= 0.6 is 0 Å². The molecule has 7 nitrogen and oxygen atoms in total. The summed E-state index contributed by atoms with van der Waals surface area (Å²) in [6, 6.07) is 11.2. The molecule has 0 spiro atoms. The van der Waals surface area contributed by atoms with Gasteiger partial charge in [0.25, 0.3) is 5.91 Å². The lowest BCUT2D eigenvalue weighted by molar-refractivity contribution is -0.355. The van der Waals surface area contributed by atoms with Gasteiger partial charge in [-0.25, -0.2) is 0 Å². The Hall–Kier alpha value is -3.27. The Bertz CT molecular complexity index is 975. The van der Waals surface area contributed by atoms with Crippen LogP contribution in [0, 0.1) is 0 Å². The number of oxime groups is 1. The van der Waals surface area contributed by atoms with Crippen molar-refractivity contribution in [3.05, 3.63) is 59.2 Å². The molecule has 0 bridgehead atoms. The molecule has 1 amide bonds. The van der Waals surface area contributed by atoms with Crippen molar-refractivity contribution < 1.29 is 37.4 Å². The number of nitrogens with one attached hydrogen (secondary N) is 1. The summed E-state index contributed by atoms with van der Waals surface area (Å²) in [5, 5.41) is 15.6. The summed E-state index contributed by atoms with van der Waals surface area (Å²) < 4.78 is 48.8. The minimum atomic E-state index is -4.95. The number of aliphatic hydroxyl groups is 1. The molecule has 2 aliphatic heterocycles. The van der Waals surface area contributed by atoms with Crippen molar-refractivity contribution in [1.29, 1.82) is 0 Å². The van der Waals surface area contributed by atoms with Crippen LogP contribution in [0.3, 0.4) is 0 Å². The third-order valence-electron chi connectivity index (χ3n) is 4.53. The zero-order valence-corrected chi connectivity index (χ0v) is 14.8. The molecule has 2 aromatic carbocycles. The summed E-state index contributed by atoms with van der Waals surface area (Å²) in [4.78, 5) is 16.5. The van der Waals surface area contributed by atoms with E-state index in [1.165, 1.54) is 0 Å². The van der Waals surface area contributed by atoms with E-state index in [1.54, 1.807) is 42.5 Å². The van der Waals surface area contributed by atoms with Crippen LogP contribution in [0.25, 0.3) is 0 Å². The molecule has 152 valence electrons. The number of carbonyl (C=O) groups is 1. The van der Waals surface area contributed by atoms with E-state index in [0.717, 1.165) is 5.56 Å². The number of nitrogens with zero attached hydrogens (tertiary/aromatic N) is 1. The number of alkyl halides is 3. The number of fused-ring (bicyclic) bond motifs is 1. The number of halogens is 3. The highest BCUT2D eigenvalue weighted by atomic mass is 19.4. The van der Waals surface area contributed by atoms with Crippen molar-refractivity contribution in [2.75, 3.05) is 6.79 Å². The lowest BCUT2D eigenvalue weighted by Gasteiger charge is -2.22. The highest BCUT2D eigenvalue weighted by Gasteiger charge is 2.60. The van der Waals surface area contributed by atoms with E-state index in [1.807, 2.05) is 0 Å². The highest BCUT2D eigenvalue weighted by molar-refractivity contribution is 6.01. The van der Waals surface area contributed by atoms with Crippen molar-refractivity contribution >= 4 is 11.6 Å². The first-order valence-electron chi connectivity index (χ1n) is 8.56. The maximum Gasteiger partial charge on any atom is 0.458 e. The summed E-state index contributed by atoms with van der Waals surface area (Å²) in [7, 11) is 0. The Balaban J connectivity index is 1.36. The van der Waals surface area contributed by atoms with Crippen molar-refractivity contribution in [1.82, 2.24) is 5.32 Å². The van der Waals surface area contributed by atoms with Crippen molar-refractivity contribution in [2.24, 2.45) is 5.16 Å². The molecule has 2 aromatic rings. The fourth-order valence-corrected chi connectivity index (χ4v) is 2.87. The average Bonchev–Trinajstić information content (AvgIpc) is 3.33. The number of hydrogen-bond acceptors (Lipinski definition) is 6. The molecule has 2 aliphatic rings. The summed E-state index contributed by atoms with van der Waals surface area (Å²) in [5.74, 6) is -2.54. The maximum absolute atomic E-state index is 12.8. The SMILES string of the molecule is O=C(NCc1ccc(C2=NOC(O)(C(F)(F)F)C2)cc1)c1ccc2c(c1)OCO2. The van der Waals surface area contributed by atoms with Gasteiger partial charge in [-0.15, -0.1) is 0 Å². The Morgan fingerprint density at radius 1 is 1.14 bits per heavy atom. The predicted molar refractivity (Wildman–Crippen MR) is 93.4 cm³/mol. The van der Waals surface area contributed by atoms with Crippen LogP contribution in [-0.2, 0) is 11.4 Å². The second kappa shape index (κ2) is 6.96. The van der Waals surface area contributed by atoms with E-state index < -0.39 is 18.4 Å². The molecular weight excluding hydrogens is 393 g/mol. The fraction of sp³-hybridized carbons (Fsp3) is 0.263. The Morgan fingerprint density at radius 3 is 2.55 bits per heavy atom. The van der Waals surface area contributed by atoms with Crippen LogP contribution in [-0.4, -0.2) is 35.5 Å². The first-order valence-corrected chi connectivity index (χ1v) is 8.56. The summed E-state index contributed by atoms with van der Waals surface area (Å²) in [6.07, 6.45) is -5.74. The van der Waals surface area contributed by atoms with Crippen LogP contribution in [0.4, 0.5) is 13.2 Å². The number of ether oxygens (including phenoxy) is 2. The lowest BCUT2D eigenvalue weighted by atomic mass is 10.0. The third kappa shape index (κ3) is 3.70. The third-order valence-corrected chi connectivity index (χ3v) is 4.53. The molecule has 0 saturated heterocycles. The zero-order chi connectivity index (χ0) is 20.6. The predicted octanol–water partition coefficient (Wildman–Crippen LogP) is 2.72. The molecular formula is C19H15F3N2O5. The summed E-state index contributed by atoms with van der Waals surface area (Å²) in [5.41, 5.74) is 1.51. The molecule has 2 N–H and O–H groups in total. The first-order chi connectivity index (χ1) is 13.7. The lowest BCUT2D eigenvalue weighted by Crippen LogP contribution is -2.45. The monoisotopic (exact) mass is 408 g/mol. The molecule has 0 fully saturated rings. The quantitative estimate of drug-likeness (QED) is 0.812. The minimum absolute atomic E-state index is 0.0132. The van der Waals surface area contributed by atoms with Gasteiger partial charge in [-0.1, -0.05) is 29.4 Å².